The van der Waals surface area contributed by atoms with Crippen LogP contribution in [0.5, 0.6) is 0 Å². The highest BCUT2D eigenvalue weighted by Crippen LogP contribution is 2.40. The molecule has 1 aromatic carbocycles. The van der Waals surface area contributed by atoms with Gasteiger partial charge >= 0.3 is 0 Å². The highest BCUT2D eigenvalue weighted by molar-refractivity contribution is 6.15. The van der Waals surface area contributed by atoms with Gasteiger partial charge in [-0.1, -0.05) is 30.5 Å². The molecule has 0 aromatic heterocycles. The van der Waals surface area contributed by atoms with Crippen molar-refractivity contribution in [3.05, 3.63) is 34.4 Å². The van der Waals surface area contributed by atoms with Crippen LogP contribution in [-0.2, 0) is 14.4 Å². The Labute approximate surface area is 180 Å². The first-order valence-electron chi connectivity index (χ1n) is 11.8. The fourth-order valence-electron chi connectivity index (χ4n) is 6.23. The Bertz CT molecular complexity index is 821. The van der Waals surface area contributed by atoms with Gasteiger partial charge in [-0.25, -0.2) is 0 Å². The zero-order valence-corrected chi connectivity index (χ0v) is 18.7. The highest BCUT2D eigenvalue weighted by atomic mass is 16.2. The van der Waals surface area contributed by atoms with Gasteiger partial charge in [0.05, 0.1) is 0 Å². The minimum Gasteiger partial charge on any atom is -0.342 e. The molecule has 2 saturated carbocycles. The number of piperidine rings is 1. The van der Waals surface area contributed by atoms with E-state index in [0.29, 0.717) is 18.2 Å². The standard InChI is InChI=1S/C26H35NO3/c1-16-12-17(2)23(18(3)13-16)24-22(28)15-21(25(24)29)14-19-8-10-27(11-9-19)26(30)20-6-4-5-7-20/h12-13,19-21,24H,4-11,14-15H2,1-3H3. The molecule has 0 N–H and O–H groups in total. The van der Waals surface area contributed by atoms with E-state index < -0.39 is 5.92 Å². The van der Waals surface area contributed by atoms with Crippen LogP contribution in [0.15, 0.2) is 12.1 Å². The van der Waals surface area contributed by atoms with Crippen molar-refractivity contribution in [3.8, 4) is 0 Å². The topological polar surface area (TPSA) is 54.5 Å². The highest BCUT2D eigenvalue weighted by Gasteiger charge is 2.44. The van der Waals surface area contributed by atoms with Crippen molar-refractivity contribution in [2.75, 3.05) is 13.1 Å². The molecule has 4 rings (SSSR count). The summed E-state index contributed by atoms with van der Waals surface area (Å²) in [5.74, 6) is 0.539. The van der Waals surface area contributed by atoms with Crippen molar-refractivity contribution in [3.63, 3.8) is 0 Å². The van der Waals surface area contributed by atoms with Gasteiger partial charge in [-0.3, -0.25) is 14.4 Å². The minimum absolute atomic E-state index is 0.0916. The summed E-state index contributed by atoms with van der Waals surface area (Å²) in [6, 6.07) is 4.15. The number of hydrogen-bond acceptors (Lipinski definition) is 3. The Balaban J connectivity index is 1.37. The molecule has 4 nitrogen and oxygen atoms in total. The monoisotopic (exact) mass is 409 g/mol. The van der Waals surface area contributed by atoms with Gasteiger partial charge in [0.2, 0.25) is 5.91 Å². The van der Waals surface area contributed by atoms with Crippen LogP contribution >= 0.6 is 0 Å². The fraction of sp³-hybridized carbons (Fsp3) is 0.654. The van der Waals surface area contributed by atoms with Gasteiger partial charge in [0.1, 0.15) is 11.7 Å². The second kappa shape index (κ2) is 8.64. The van der Waals surface area contributed by atoms with Gasteiger partial charge in [0, 0.05) is 31.3 Å². The molecule has 1 amide bonds. The van der Waals surface area contributed by atoms with Crippen LogP contribution < -0.4 is 0 Å². The summed E-state index contributed by atoms with van der Waals surface area (Å²) >= 11 is 0. The van der Waals surface area contributed by atoms with E-state index >= 15 is 0 Å². The van der Waals surface area contributed by atoms with Crippen LogP contribution in [0.4, 0.5) is 0 Å². The van der Waals surface area contributed by atoms with Gasteiger partial charge in [0.15, 0.2) is 5.78 Å². The molecule has 0 bridgehead atoms. The summed E-state index contributed by atoms with van der Waals surface area (Å²) in [7, 11) is 0. The van der Waals surface area contributed by atoms with E-state index in [-0.39, 0.29) is 23.4 Å². The molecule has 2 atom stereocenters. The Hall–Kier alpha value is -1.97. The lowest BCUT2D eigenvalue weighted by Gasteiger charge is -2.34. The van der Waals surface area contributed by atoms with E-state index in [9.17, 15) is 14.4 Å². The number of Topliss-reactive ketones (excluding diaryl/α,β-unsaturated/α-hetero) is 2. The van der Waals surface area contributed by atoms with Gasteiger partial charge < -0.3 is 4.90 Å². The average Bonchev–Trinajstić information content (AvgIpc) is 3.32. The zero-order valence-electron chi connectivity index (χ0n) is 18.7. The molecule has 1 heterocycles. The second-order valence-electron chi connectivity index (χ2n) is 10.0. The van der Waals surface area contributed by atoms with Crippen LogP contribution in [0.1, 0.15) is 79.5 Å². The number of hydrogen-bond donors (Lipinski definition) is 0. The first-order valence-corrected chi connectivity index (χ1v) is 11.8. The summed E-state index contributed by atoms with van der Waals surface area (Å²) in [4.78, 5) is 40.8. The third-order valence-corrected chi connectivity index (χ3v) is 7.73. The number of carbonyl (C=O) groups is 3. The van der Waals surface area contributed by atoms with Crippen LogP contribution in [0.2, 0.25) is 0 Å². The van der Waals surface area contributed by atoms with E-state index in [1.807, 2.05) is 13.8 Å². The predicted molar refractivity (Wildman–Crippen MR) is 117 cm³/mol. The lowest BCUT2D eigenvalue weighted by molar-refractivity contribution is -0.137. The van der Waals surface area contributed by atoms with Gasteiger partial charge in [0.25, 0.3) is 0 Å². The average molecular weight is 410 g/mol. The maximum atomic E-state index is 13.2. The minimum atomic E-state index is -0.570. The summed E-state index contributed by atoms with van der Waals surface area (Å²) in [5.41, 5.74) is 4.22. The molecule has 1 saturated heterocycles. The largest absolute Gasteiger partial charge is 0.342 e. The number of likely N-dealkylation sites (tertiary alicyclic amines) is 1. The molecule has 0 spiro atoms. The van der Waals surface area contributed by atoms with Crippen molar-refractivity contribution in [2.24, 2.45) is 17.8 Å². The maximum absolute atomic E-state index is 13.2. The number of amides is 1. The Morgan fingerprint density at radius 3 is 2.17 bits per heavy atom. The van der Waals surface area contributed by atoms with Crippen LogP contribution in [-0.4, -0.2) is 35.5 Å². The number of nitrogens with zero attached hydrogens (tertiary/aromatic N) is 1. The van der Waals surface area contributed by atoms with Crippen LogP contribution in [0.3, 0.4) is 0 Å². The maximum Gasteiger partial charge on any atom is 0.225 e. The molecular weight excluding hydrogens is 374 g/mol. The Morgan fingerprint density at radius 1 is 0.967 bits per heavy atom. The lowest BCUT2D eigenvalue weighted by Crippen LogP contribution is -2.41. The van der Waals surface area contributed by atoms with E-state index in [1.54, 1.807) is 0 Å². The molecule has 1 aromatic rings. The third kappa shape index (κ3) is 4.10. The first-order chi connectivity index (χ1) is 14.3. The molecular formula is C26H35NO3. The number of rotatable bonds is 4. The lowest BCUT2D eigenvalue weighted by atomic mass is 9.83. The zero-order chi connectivity index (χ0) is 21.4. The van der Waals surface area contributed by atoms with Gasteiger partial charge in [-0.2, -0.15) is 0 Å². The summed E-state index contributed by atoms with van der Waals surface area (Å²) in [6.07, 6.45) is 7.59. The first kappa shape index (κ1) is 21.3. The summed E-state index contributed by atoms with van der Waals surface area (Å²) in [6.45, 7) is 7.71. The summed E-state index contributed by atoms with van der Waals surface area (Å²) in [5, 5.41) is 0. The van der Waals surface area contributed by atoms with Crippen molar-refractivity contribution in [2.45, 2.75) is 78.1 Å². The SMILES string of the molecule is Cc1cc(C)c(C2C(=O)CC(CC3CCN(C(=O)C4CCCC4)CC3)C2=O)c(C)c1. The number of carbonyl (C=O) groups excluding carboxylic acids is 3. The molecule has 0 radical (unpaired) electrons. The number of ketones is 2. The molecule has 4 heteroatoms. The molecule has 3 fully saturated rings. The third-order valence-electron chi connectivity index (χ3n) is 7.73. The van der Waals surface area contributed by atoms with Gasteiger partial charge in [-0.15, -0.1) is 0 Å². The Kier molecular flexibility index (Phi) is 6.13. The fourth-order valence-corrected chi connectivity index (χ4v) is 6.23. The van der Waals surface area contributed by atoms with Gasteiger partial charge in [-0.05, 0) is 75.5 Å². The van der Waals surface area contributed by atoms with E-state index in [2.05, 4.69) is 24.0 Å². The normalized spacial score (nSPS) is 26.0. The molecule has 2 unspecified atom stereocenters. The van der Waals surface area contributed by atoms with Crippen molar-refractivity contribution in [1.82, 2.24) is 4.90 Å². The smallest absolute Gasteiger partial charge is 0.225 e. The van der Waals surface area contributed by atoms with Crippen LogP contribution in [0, 0.1) is 38.5 Å². The van der Waals surface area contributed by atoms with E-state index in [1.165, 1.54) is 18.4 Å². The van der Waals surface area contributed by atoms with Crippen LogP contribution in [0.25, 0.3) is 0 Å². The predicted octanol–water partition coefficient (Wildman–Crippen LogP) is 4.67. The molecule has 162 valence electrons. The quantitative estimate of drug-likeness (QED) is 0.679. The second-order valence-corrected chi connectivity index (χ2v) is 10.0. The summed E-state index contributed by atoms with van der Waals surface area (Å²) < 4.78 is 0. The molecule has 30 heavy (non-hydrogen) atoms. The van der Waals surface area contributed by atoms with E-state index in [0.717, 1.165) is 61.9 Å². The molecule has 3 aliphatic rings. The molecule has 1 aliphatic heterocycles. The van der Waals surface area contributed by atoms with Crippen molar-refractivity contribution in [1.29, 1.82) is 0 Å². The van der Waals surface area contributed by atoms with Crippen molar-refractivity contribution < 1.29 is 14.4 Å². The van der Waals surface area contributed by atoms with Crippen molar-refractivity contribution >= 4 is 17.5 Å². The number of aryl methyl sites for hydroxylation is 3. The van der Waals surface area contributed by atoms with E-state index in [4.69, 9.17) is 0 Å². The molecule has 2 aliphatic carbocycles. The number of benzene rings is 1. The Morgan fingerprint density at radius 2 is 1.57 bits per heavy atom.